The van der Waals surface area contributed by atoms with Gasteiger partial charge in [0.05, 0.1) is 0 Å². The first-order valence-electron chi connectivity index (χ1n) is 5.64. The van der Waals surface area contributed by atoms with Gasteiger partial charge in [-0.25, -0.2) is 0 Å². The quantitative estimate of drug-likeness (QED) is 0.486. The van der Waals surface area contributed by atoms with Gasteiger partial charge in [-0.1, -0.05) is 0 Å². The Morgan fingerprint density at radius 1 is 0.875 bits per heavy atom. The van der Waals surface area contributed by atoms with Gasteiger partial charge in [-0.2, -0.15) is 0 Å². The van der Waals surface area contributed by atoms with E-state index < -0.39 is 0 Å². The fourth-order valence-electron chi connectivity index (χ4n) is 2.32. The molecular weight excluding hydrogens is 191 g/mol. The van der Waals surface area contributed by atoms with E-state index in [4.69, 9.17) is 0 Å². The van der Waals surface area contributed by atoms with Crippen LogP contribution in [-0.2, 0) is 0 Å². The number of benzene rings is 2. The third-order valence-corrected chi connectivity index (χ3v) is 3.32. The summed E-state index contributed by atoms with van der Waals surface area (Å²) in [6, 6.07) is 15.2. The van der Waals surface area contributed by atoms with Crippen LogP contribution in [0.15, 0.2) is 42.5 Å². The van der Waals surface area contributed by atoms with Crippen LogP contribution < -0.4 is 0 Å². The Labute approximate surface area is 96.1 Å². The second-order valence-corrected chi connectivity index (χ2v) is 4.44. The van der Waals surface area contributed by atoms with Gasteiger partial charge >= 0.3 is 95.7 Å². The van der Waals surface area contributed by atoms with Crippen molar-refractivity contribution in [2.45, 2.75) is 13.8 Å². The molecule has 0 radical (unpaired) electrons. The van der Waals surface area contributed by atoms with E-state index in [1.54, 1.807) is 0 Å². The number of hydrogen-bond acceptors (Lipinski definition) is 0. The zero-order valence-electron chi connectivity index (χ0n) is 9.62. The van der Waals surface area contributed by atoms with Gasteiger partial charge in [0.2, 0.25) is 0 Å². The molecule has 0 bridgehead atoms. The van der Waals surface area contributed by atoms with Gasteiger partial charge in [0.1, 0.15) is 0 Å². The molecule has 76 valence electrons. The van der Waals surface area contributed by atoms with Crippen LogP contribution in [0.5, 0.6) is 0 Å². The van der Waals surface area contributed by atoms with Gasteiger partial charge < -0.3 is 0 Å². The molecule has 16 heavy (non-hydrogen) atoms. The normalized spacial score (nSPS) is 10.9. The second-order valence-electron chi connectivity index (χ2n) is 4.44. The summed E-state index contributed by atoms with van der Waals surface area (Å²) in [5.74, 6) is 0. The minimum atomic E-state index is 1.32. The fraction of sp³-hybridized carbons (Fsp3) is 0.133. The van der Waals surface area contributed by atoms with Crippen molar-refractivity contribution in [3.63, 3.8) is 0 Å². The van der Waals surface area contributed by atoms with E-state index in [1.807, 2.05) is 0 Å². The number of fused-ring (bicyclic) bond motifs is 2. The van der Waals surface area contributed by atoms with E-state index in [-0.39, 0.29) is 0 Å². The Hall–Kier alpha value is -1.63. The fourth-order valence-corrected chi connectivity index (χ4v) is 2.32. The standard InChI is InChI=1S/C15H13B/c1-10-7-8-11(2)15-13(10)9-12-5-3-4-6-14(12)16-15/h3-9H,1-2H3. The van der Waals surface area contributed by atoms with Crippen molar-refractivity contribution in [3.05, 3.63) is 53.6 Å². The van der Waals surface area contributed by atoms with Crippen molar-refractivity contribution >= 4 is 28.2 Å². The third-order valence-electron chi connectivity index (χ3n) is 3.32. The predicted octanol–water partition coefficient (Wildman–Crippen LogP) is 3.95. The summed E-state index contributed by atoms with van der Waals surface area (Å²) < 4.78 is 0. The first kappa shape index (κ1) is 9.59. The van der Waals surface area contributed by atoms with Crippen molar-refractivity contribution in [1.82, 2.24) is 0 Å². The molecule has 0 saturated heterocycles. The molecule has 0 atom stereocenters. The summed E-state index contributed by atoms with van der Waals surface area (Å²) in [5.41, 5.74) is 2.71. The van der Waals surface area contributed by atoms with Gasteiger partial charge in [-0.05, 0) is 0 Å². The van der Waals surface area contributed by atoms with Gasteiger partial charge in [-0.15, -0.1) is 0 Å². The van der Waals surface area contributed by atoms with Gasteiger partial charge in [-0.3, -0.25) is 0 Å². The average Bonchev–Trinajstić information content (AvgIpc) is 2.32. The molecule has 3 aromatic rings. The molecule has 0 amide bonds. The van der Waals surface area contributed by atoms with Crippen molar-refractivity contribution in [1.29, 1.82) is 0 Å². The molecule has 0 unspecified atom stereocenters. The molecule has 1 heterocycles. The van der Waals surface area contributed by atoms with Crippen molar-refractivity contribution in [2.24, 2.45) is 0 Å². The number of rotatable bonds is 0. The Bertz CT molecular complexity index is 623. The van der Waals surface area contributed by atoms with Crippen LogP contribution in [0.3, 0.4) is 0 Å². The number of hydrogen-bond donors (Lipinski definition) is 0. The van der Waals surface area contributed by atoms with Crippen molar-refractivity contribution < 1.29 is 0 Å². The van der Waals surface area contributed by atoms with Crippen molar-refractivity contribution in [2.75, 3.05) is 0 Å². The molecule has 0 aliphatic rings. The van der Waals surface area contributed by atoms with E-state index in [2.05, 4.69) is 63.2 Å². The molecule has 0 saturated carbocycles. The van der Waals surface area contributed by atoms with Gasteiger partial charge in [0.15, 0.2) is 0 Å². The zero-order valence-corrected chi connectivity index (χ0v) is 9.62. The summed E-state index contributed by atoms with van der Waals surface area (Å²) in [5, 5.41) is 5.39. The molecule has 0 N–H and O–H groups in total. The van der Waals surface area contributed by atoms with Crippen LogP contribution >= 0.6 is 0 Å². The zero-order chi connectivity index (χ0) is 11.1. The molecule has 0 aliphatic heterocycles. The summed E-state index contributed by atoms with van der Waals surface area (Å²) >= 11 is 0. The molecule has 1 aromatic heterocycles. The summed E-state index contributed by atoms with van der Waals surface area (Å²) in [7, 11) is 0. The van der Waals surface area contributed by atoms with Crippen molar-refractivity contribution in [3.8, 4) is 0 Å². The van der Waals surface area contributed by atoms with E-state index in [9.17, 15) is 0 Å². The van der Waals surface area contributed by atoms with Crippen LogP contribution in [0, 0.1) is 13.8 Å². The van der Waals surface area contributed by atoms with Crippen LogP contribution in [-0.4, -0.2) is 6.91 Å². The summed E-state index contributed by atoms with van der Waals surface area (Å²) in [6.07, 6.45) is 0. The molecular formula is C15H13B. The van der Waals surface area contributed by atoms with Crippen LogP contribution in [0.1, 0.15) is 11.1 Å². The molecule has 0 spiro atoms. The van der Waals surface area contributed by atoms with E-state index in [0.717, 1.165) is 0 Å². The van der Waals surface area contributed by atoms with E-state index >= 15 is 0 Å². The third kappa shape index (κ3) is 1.36. The molecule has 0 aliphatic carbocycles. The summed E-state index contributed by atoms with van der Waals surface area (Å²) in [4.78, 5) is 0. The SMILES string of the molecule is Cc1ccc(C)c2cc3ccccc3bc12. The minimum absolute atomic E-state index is 1.32. The first-order chi connectivity index (χ1) is 7.75. The Kier molecular flexibility index (Phi) is 2.07. The van der Waals surface area contributed by atoms with Crippen LogP contribution in [0.2, 0.25) is 0 Å². The Balaban J connectivity index is 2.56. The monoisotopic (exact) mass is 204 g/mol. The average molecular weight is 204 g/mol. The second kappa shape index (κ2) is 3.45. The molecule has 0 nitrogen and oxygen atoms in total. The topological polar surface area (TPSA) is 0 Å². The molecule has 0 fully saturated rings. The molecule has 1 heteroatoms. The number of aryl methyl sites for hydroxylation is 2. The molecule has 2 aromatic carbocycles. The van der Waals surface area contributed by atoms with Gasteiger partial charge in [0, 0.05) is 0 Å². The van der Waals surface area contributed by atoms with Gasteiger partial charge in [0.25, 0.3) is 0 Å². The maximum atomic E-state index is 2.30. The first-order valence-corrected chi connectivity index (χ1v) is 5.64. The summed E-state index contributed by atoms with van der Waals surface area (Å²) in [6.45, 7) is 6.65. The van der Waals surface area contributed by atoms with E-state index in [0.29, 0.717) is 0 Å². The Morgan fingerprint density at radius 2 is 1.62 bits per heavy atom. The molecule has 3 rings (SSSR count). The van der Waals surface area contributed by atoms with Crippen LogP contribution in [0.4, 0.5) is 0 Å². The van der Waals surface area contributed by atoms with Crippen LogP contribution in [0.25, 0.3) is 21.3 Å². The Morgan fingerprint density at radius 3 is 2.50 bits per heavy atom. The maximum absolute atomic E-state index is 2.30. The predicted molar refractivity (Wildman–Crippen MR) is 72.3 cm³/mol. The van der Waals surface area contributed by atoms with E-state index in [1.165, 1.54) is 32.5 Å².